The molecule has 0 saturated carbocycles. The number of hydrogen-bond donors (Lipinski definition) is 4. The normalized spacial score (nSPS) is 11.7. The molecule has 0 aliphatic heterocycles. The number of nitrogens with two attached hydrogens (primary N) is 2. The number of amides is 1. The standard InChI is InChI=1S/C16H18N2O5S/c17-16(21)14-6-2-5-13(15(14)11(8-19)9-20)10-3-1-4-12(7-10)24(18,22)23/h1-7,11,19-20H,8-9H2,(H2,17,21)(H2,18,22,23). The first-order valence-electron chi connectivity index (χ1n) is 7.07. The Morgan fingerprint density at radius 3 is 2.25 bits per heavy atom. The van der Waals surface area contributed by atoms with E-state index in [-0.39, 0.29) is 10.5 Å². The van der Waals surface area contributed by atoms with Crippen molar-refractivity contribution >= 4 is 15.9 Å². The van der Waals surface area contributed by atoms with Gasteiger partial charge in [0.15, 0.2) is 0 Å². The molecule has 0 spiro atoms. The number of carbonyl (C=O) groups excluding carboxylic acids is 1. The van der Waals surface area contributed by atoms with E-state index in [4.69, 9.17) is 10.9 Å². The fourth-order valence-corrected chi connectivity index (χ4v) is 3.11. The topological polar surface area (TPSA) is 144 Å². The van der Waals surface area contributed by atoms with Gasteiger partial charge in [-0.3, -0.25) is 4.79 Å². The van der Waals surface area contributed by atoms with Crippen LogP contribution in [0.4, 0.5) is 0 Å². The number of rotatable bonds is 6. The Morgan fingerprint density at radius 2 is 1.71 bits per heavy atom. The quantitative estimate of drug-likeness (QED) is 0.587. The molecular formula is C16H18N2O5S. The number of carbonyl (C=O) groups is 1. The first-order chi connectivity index (χ1) is 11.3. The van der Waals surface area contributed by atoms with Crippen molar-refractivity contribution in [2.75, 3.05) is 13.2 Å². The lowest BCUT2D eigenvalue weighted by Gasteiger charge is -2.20. The third-order valence-corrected chi connectivity index (χ3v) is 4.61. The van der Waals surface area contributed by atoms with E-state index in [9.17, 15) is 23.4 Å². The Kier molecular flexibility index (Phi) is 5.35. The van der Waals surface area contributed by atoms with Crippen LogP contribution in [0.15, 0.2) is 47.4 Å². The van der Waals surface area contributed by atoms with Crippen LogP contribution in [0.2, 0.25) is 0 Å². The van der Waals surface area contributed by atoms with E-state index < -0.39 is 35.1 Å². The van der Waals surface area contributed by atoms with Crippen molar-refractivity contribution in [3.63, 3.8) is 0 Å². The maximum Gasteiger partial charge on any atom is 0.249 e. The SMILES string of the molecule is NC(=O)c1cccc(-c2cccc(S(N)(=O)=O)c2)c1C(CO)CO. The molecule has 6 N–H and O–H groups in total. The largest absolute Gasteiger partial charge is 0.396 e. The molecule has 7 nitrogen and oxygen atoms in total. The Morgan fingerprint density at radius 1 is 1.08 bits per heavy atom. The Hall–Kier alpha value is -2.26. The summed E-state index contributed by atoms with van der Waals surface area (Å²) in [5.41, 5.74) is 6.88. The van der Waals surface area contributed by atoms with Crippen LogP contribution in [0, 0.1) is 0 Å². The minimum atomic E-state index is -3.89. The van der Waals surface area contributed by atoms with Crippen molar-refractivity contribution in [1.82, 2.24) is 0 Å². The summed E-state index contributed by atoms with van der Waals surface area (Å²) in [6.45, 7) is -0.800. The van der Waals surface area contributed by atoms with Gasteiger partial charge in [-0.25, -0.2) is 13.6 Å². The lowest BCUT2D eigenvalue weighted by atomic mass is 9.87. The van der Waals surface area contributed by atoms with Crippen LogP contribution < -0.4 is 10.9 Å². The average molecular weight is 350 g/mol. The van der Waals surface area contributed by atoms with E-state index in [1.54, 1.807) is 18.2 Å². The van der Waals surface area contributed by atoms with Crippen molar-refractivity contribution in [2.24, 2.45) is 10.9 Å². The molecule has 0 unspecified atom stereocenters. The van der Waals surface area contributed by atoms with Crippen LogP contribution in [-0.2, 0) is 10.0 Å². The zero-order chi connectivity index (χ0) is 17.9. The minimum Gasteiger partial charge on any atom is -0.396 e. The van der Waals surface area contributed by atoms with Crippen molar-refractivity contribution in [3.8, 4) is 11.1 Å². The molecule has 0 bridgehead atoms. The molecule has 128 valence electrons. The summed E-state index contributed by atoms with van der Waals surface area (Å²) in [7, 11) is -3.89. The van der Waals surface area contributed by atoms with E-state index in [1.165, 1.54) is 24.3 Å². The molecule has 0 heterocycles. The molecule has 2 rings (SSSR count). The number of sulfonamides is 1. The third-order valence-electron chi connectivity index (χ3n) is 3.69. The van der Waals surface area contributed by atoms with Crippen LogP contribution >= 0.6 is 0 Å². The minimum absolute atomic E-state index is 0.0834. The van der Waals surface area contributed by atoms with E-state index in [0.29, 0.717) is 16.7 Å². The second-order valence-electron chi connectivity index (χ2n) is 5.27. The Bertz CT molecular complexity index is 861. The molecule has 0 saturated heterocycles. The highest BCUT2D eigenvalue weighted by atomic mass is 32.2. The van der Waals surface area contributed by atoms with Gasteiger partial charge in [0, 0.05) is 11.5 Å². The first-order valence-corrected chi connectivity index (χ1v) is 8.62. The maximum atomic E-state index is 11.7. The smallest absolute Gasteiger partial charge is 0.249 e. The highest BCUT2D eigenvalue weighted by molar-refractivity contribution is 7.89. The lowest BCUT2D eigenvalue weighted by Crippen LogP contribution is -2.20. The zero-order valence-electron chi connectivity index (χ0n) is 12.7. The summed E-state index contributed by atoms with van der Waals surface area (Å²) in [6, 6.07) is 10.6. The molecule has 0 radical (unpaired) electrons. The van der Waals surface area contributed by atoms with Crippen LogP contribution in [0.5, 0.6) is 0 Å². The maximum absolute atomic E-state index is 11.7. The van der Waals surface area contributed by atoms with Crippen molar-refractivity contribution in [2.45, 2.75) is 10.8 Å². The first kappa shape index (κ1) is 18.1. The highest BCUT2D eigenvalue weighted by Crippen LogP contribution is 2.33. The summed E-state index contributed by atoms with van der Waals surface area (Å²) in [5, 5.41) is 24.2. The molecule has 0 fully saturated rings. The lowest BCUT2D eigenvalue weighted by molar-refractivity contribution is 0.0997. The van der Waals surface area contributed by atoms with Gasteiger partial charge in [0.2, 0.25) is 15.9 Å². The zero-order valence-corrected chi connectivity index (χ0v) is 13.5. The van der Waals surface area contributed by atoms with Crippen LogP contribution in [0.1, 0.15) is 21.8 Å². The number of aliphatic hydroxyl groups excluding tert-OH is 2. The predicted molar refractivity (Wildman–Crippen MR) is 88.7 cm³/mol. The molecule has 0 atom stereocenters. The Balaban J connectivity index is 2.75. The molecule has 0 aliphatic carbocycles. The summed E-state index contributed by atoms with van der Waals surface area (Å²) in [6.07, 6.45) is 0. The molecule has 0 aromatic heterocycles. The third kappa shape index (κ3) is 3.62. The van der Waals surface area contributed by atoms with Gasteiger partial charge in [0.25, 0.3) is 0 Å². The summed E-state index contributed by atoms with van der Waals surface area (Å²) < 4.78 is 23.1. The Labute approximate surface area is 139 Å². The predicted octanol–water partition coefficient (Wildman–Crippen LogP) is 0.168. The van der Waals surface area contributed by atoms with E-state index in [1.807, 2.05) is 0 Å². The fraction of sp³-hybridized carbons (Fsp3) is 0.188. The molecule has 0 aliphatic rings. The van der Waals surface area contributed by atoms with Crippen LogP contribution in [0.3, 0.4) is 0 Å². The van der Waals surface area contributed by atoms with Crippen molar-refractivity contribution in [1.29, 1.82) is 0 Å². The van der Waals surface area contributed by atoms with Crippen molar-refractivity contribution < 1.29 is 23.4 Å². The van der Waals surface area contributed by atoms with Gasteiger partial charge in [-0.2, -0.15) is 0 Å². The van der Waals surface area contributed by atoms with Crippen LogP contribution in [0.25, 0.3) is 11.1 Å². The van der Waals surface area contributed by atoms with Gasteiger partial charge >= 0.3 is 0 Å². The number of primary amides is 1. The van der Waals surface area contributed by atoms with Gasteiger partial charge in [0.1, 0.15) is 0 Å². The summed E-state index contributed by atoms with van der Waals surface area (Å²) in [4.78, 5) is 11.6. The molecule has 1 amide bonds. The van der Waals surface area contributed by atoms with Gasteiger partial charge in [0.05, 0.1) is 18.1 Å². The van der Waals surface area contributed by atoms with Gasteiger partial charge < -0.3 is 15.9 Å². The molecule has 8 heteroatoms. The van der Waals surface area contributed by atoms with E-state index in [0.717, 1.165) is 0 Å². The van der Waals surface area contributed by atoms with Gasteiger partial charge in [-0.05, 0) is 34.9 Å². The molecule has 2 aromatic carbocycles. The molecule has 2 aromatic rings. The number of benzene rings is 2. The van der Waals surface area contributed by atoms with Gasteiger partial charge in [-0.1, -0.05) is 24.3 Å². The number of primary sulfonamides is 1. The molecule has 24 heavy (non-hydrogen) atoms. The van der Waals surface area contributed by atoms with E-state index >= 15 is 0 Å². The second kappa shape index (κ2) is 7.10. The summed E-state index contributed by atoms with van der Waals surface area (Å²) >= 11 is 0. The monoisotopic (exact) mass is 350 g/mol. The van der Waals surface area contributed by atoms with Gasteiger partial charge in [-0.15, -0.1) is 0 Å². The van der Waals surface area contributed by atoms with E-state index in [2.05, 4.69) is 0 Å². The second-order valence-corrected chi connectivity index (χ2v) is 6.83. The average Bonchev–Trinajstić information content (AvgIpc) is 2.55. The number of hydrogen-bond acceptors (Lipinski definition) is 5. The fourth-order valence-electron chi connectivity index (χ4n) is 2.55. The highest BCUT2D eigenvalue weighted by Gasteiger charge is 2.22. The summed E-state index contributed by atoms with van der Waals surface area (Å²) in [5.74, 6) is -1.44. The number of aliphatic hydroxyl groups is 2. The molecular weight excluding hydrogens is 332 g/mol. The van der Waals surface area contributed by atoms with Crippen molar-refractivity contribution in [3.05, 3.63) is 53.6 Å². The van der Waals surface area contributed by atoms with Crippen LogP contribution in [-0.4, -0.2) is 37.8 Å².